The van der Waals surface area contributed by atoms with E-state index < -0.39 is 5.82 Å². The van der Waals surface area contributed by atoms with E-state index in [2.05, 4.69) is 17.3 Å². The summed E-state index contributed by atoms with van der Waals surface area (Å²) in [5, 5.41) is 0. The number of nitrogens with zero attached hydrogens (tertiary/aromatic N) is 2. The minimum absolute atomic E-state index is 0.0229. The third-order valence-electron chi connectivity index (χ3n) is 3.41. The van der Waals surface area contributed by atoms with E-state index in [4.69, 9.17) is 5.84 Å². The maximum atomic E-state index is 13.9. The van der Waals surface area contributed by atoms with Gasteiger partial charge in [-0.1, -0.05) is 13.3 Å². The molecule has 1 aliphatic rings. The summed E-state index contributed by atoms with van der Waals surface area (Å²) in [6, 6.07) is 1.39. The predicted molar refractivity (Wildman–Crippen MR) is 66.3 cm³/mol. The zero-order valence-corrected chi connectivity index (χ0v) is 10.3. The van der Waals surface area contributed by atoms with Gasteiger partial charge in [-0.25, -0.2) is 15.2 Å². The van der Waals surface area contributed by atoms with E-state index in [1.165, 1.54) is 12.3 Å². The summed E-state index contributed by atoms with van der Waals surface area (Å²) in [5.41, 5.74) is 2.17. The maximum Gasteiger partial charge on any atom is 0.257 e. The van der Waals surface area contributed by atoms with Gasteiger partial charge in [0.25, 0.3) is 5.91 Å². The van der Waals surface area contributed by atoms with Crippen LogP contribution in [0.15, 0.2) is 12.3 Å². The van der Waals surface area contributed by atoms with E-state index in [1.807, 2.05) is 0 Å². The molecule has 0 aliphatic carbocycles. The molecule has 1 amide bonds. The predicted octanol–water partition coefficient (Wildman–Crippen LogP) is 1.38. The van der Waals surface area contributed by atoms with Crippen LogP contribution < -0.4 is 11.3 Å². The van der Waals surface area contributed by atoms with E-state index in [-0.39, 0.29) is 17.3 Å². The number of nitrogen functional groups attached to an aromatic ring is 1. The molecule has 0 radical (unpaired) electrons. The third kappa shape index (κ3) is 2.28. The topological polar surface area (TPSA) is 71.2 Å². The number of likely N-dealkylation sites (tertiary alicyclic amines) is 1. The molecular formula is C12H17FN4O. The fourth-order valence-corrected chi connectivity index (χ4v) is 2.23. The van der Waals surface area contributed by atoms with Crippen molar-refractivity contribution in [3.05, 3.63) is 23.6 Å². The molecule has 0 spiro atoms. The van der Waals surface area contributed by atoms with Crippen LogP contribution >= 0.6 is 0 Å². The van der Waals surface area contributed by atoms with E-state index in [1.54, 1.807) is 4.90 Å². The summed E-state index contributed by atoms with van der Waals surface area (Å²) in [7, 11) is 0. The zero-order valence-electron chi connectivity index (χ0n) is 10.3. The Morgan fingerprint density at radius 2 is 2.50 bits per heavy atom. The molecular weight excluding hydrogens is 235 g/mol. The van der Waals surface area contributed by atoms with E-state index in [0.29, 0.717) is 19.0 Å². The number of carbonyl (C=O) groups excluding carboxylic acids is 1. The minimum atomic E-state index is -0.690. The molecule has 5 nitrogen and oxygen atoms in total. The van der Waals surface area contributed by atoms with Crippen LogP contribution in [0.1, 0.15) is 30.1 Å². The normalized spacial score (nSPS) is 19.1. The van der Waals surface area contributed by atoms with Crippen LogP contribution in [0.5, 0.6) is 0 Å². The average molecular weight is 252 g/mol. The summed E-state index contributed by atoms with van der Waals surface area (Å²) in [4.78, 5) is 17.6. The van der Waals surface area contributed by atoms with Crippen molar-refractivity contribution in [2.45, 2.75) is 19.8 Å². The van der Waals surface area contributed by atoms with Gasteiger partial charge in [-0.05, 0) is 18.4 Å². The van der Waals surface area contributed by atoms with Crippen molar-refractivity contribution in [3.63, 3.8) is 0 Å². The summed E-state index contributed by atoms with van der Waals surface area (Å²) < 4.78 is 13.9. The molecule has 2 rings (SSSR count). The Morgan fingerprint density at radius 3 is 3.11 bits per heavy atom. The highest BCUT2D eigenvalue weighted by atomic mass is 19.1. The summed E-state index contributed by atoms with van der Waals surface area (Å²) in [5.74, 6) is 4.57. The Hall–Kier alpha value is -1.69. The van der Waals surface area contributed by atoms with Crippen molar-refractivity contribution >= 4 is 11.7 Å². The first-order valence-corrected chi connectivity index (χ1v) is 6.07. The van der Waals surface area contributed by atoms with Crippen molar-refractivity contribution in [1.29, 1.82) is 0 Å². The first-order valence-electron chi connectivity index (χ1n) is 6.07. The lowest BCUT2D eigenvalue weighted by Gasteiger charge is -2.17. The highest BCUT2D eigenvalue weighted by Crippen LogP contribution is 2.23. The van der Waals surface area contributed by atoms with Gasteiger partial charge in [0.1, 0.15) is 0 Å². The molecule has 18 heavy (non-hydrogen) atoms. The highest BCUT2D eigenvalue weighted by molar-refractivity contribution is 5.95. The lowest BCUT2D eigenvalue weighted by Crippen LogP contribution is -2.30. The van der Waals surface area contributed by atoms with Crippen molar-refractivity contribution in [2.24, 2.45) is 11.8 Å². The number of nitrogens with two attached hydrogens (primary N) is 1. The van der Waals surface area contributed by atoms with Crippen molar-refractivity contribution in [1.82, 2.24) is 9.88 Å². The Morgan fingerprint density at radius 1 is 1.72 bits per heavy atom. The first-order chi connectivity index (χ1) is 8.67. The second kappa shape index (κ2) is 5.30. The number of hydrogen-bond donors (Lipinski definition) is 2. The number of carbonyl (C=O) groups is 1. The zero-order chi connectivity index (χ0) is 13.1. The lowest BCUT2D eigenvalue weighted by molar-refractivity contribution is 0.0782. The number of hydrogen-bond acceptors (Lipinski definition) is 4. The number of hydrazine groups is 1. The third-order valence-corrected chi connectivity index (χ3v) is 3.41. The first kappa shape index (κ1) is 12.8. The Labute approximate surface area is 105 Å². The van der Waals surface area contributed by atoms with Gasteiger partial charge in [-0.2, -0.15) is 0 Å². The standard InChI is InChI=1S/C12H17FN4O/c1-2-8-4-6-17(7-8)12(18)9-3-5-15-11(16-14)10(9)13/h3,5,8H,2,4,6-7,14H2,1H3,(H,15,16). The monoisotopic (exact) mass is 252 g/mol. The Kier molecular flexibility index (Phi) is 3.76. The van der Waals surface area contributed by atoms with Gasteiger partial charge in [0.2, 0.25) is 0 Å². The number of aromatic nitrogens is 1. The molecule has 3 N–H and O–H groups in total. The summed E-state index contributed by atoms with van der Waals surface area (Å²) in [6.45, 7) is 3.48. The van der Waals surface area contributed by atoms with Crippen molar-refractivity contribution in [2.75, 3.05) is 18.5 Å². The molecule has 1 aromatic rings. The molecule has 1 fully saturated rings. The fourth-order valence-electron chi connectivity index (χ4n) is 2.23. The number of halogens is 1. The van der Waals surface area contributed by atoms with Gasteiger partial charge in [0.15, 0.2) is 11.6 Å². The number of amides is 1. The average Bonchev–Trinajstić information content (AvgIpc) is 2.87. The molecule has 1 atom stereocenters. The summed E-state index contributed by atoms with van der Waals surface area (Å²) >= 11 is 0. The van der Waals surface area contributed by atoms with Gasteiger partial charge < -0.3 is 10.3 Å². The summed E-state index contributed by atoms with van der Waals surface area (Å²) in [6.07, 6.45) is 3.40. The molecule has 0 bridgehead atoms. The Balaban J connectivity index is 2.19. The fraction of sp³-hybridized carbons (Fsp3) is 0.500. The van der Waals surface area contributed by atoms with Gasteiger partial charge in [-0.3, -0.25) is 4.79 Å². The molecule has 1 saturated heterocycles. The minimum Gasteiger partial charge on any atom is -0.338 e. The maximum absolute atomic E-state index is 13.9. The molecule has 2 heterocycles. The van der Waals surface area contributed by atoms with Crippen LogP contribution in [-0.2, 0) is 0 Å². The molecule has 1 aliphatic heterocycles. The second-order valence-electron chi connectivity index (χ2n) is 4.48. The largest absolute Gasteiger partial charge is 0.338 e. The smallest absolute Gasteiger partial charge is 0.257 e. The molecule has 0 saturated carbocycles. The van der Waals surface area contributed by atoms with Crippen LogP contribution in [0.2, 0.25) is 0 Å². The second-order valence-corrected chi connectivity index (χ2v) is 4.48. The molecule has 1 aromatic heterocycles. The number of pyridine rings is 1. The van der Waals surface area contributed by atoms with Crippen LogP contribution in [0.25, 0.3) is 0 Å². The van der Waals surface area contributed by atoms with Crippen LogP contribution in [0.4, 0.5) is 10.2 Å². The lowest BCUT2D eigenvalue weighted by atomic mass is 10.1. The van der Waals surface area contributed by atoms with Crippen molar-refractivity contribution in [3.8, 4) is 0 Å². The molecule has 0 aromatic carbocycles. The van der Waals surface area contributed by atoms with E-state index in [9.17, 15) is 9.18 Å². The van der Waals surface area contributed by atoms with Crippen LogP contribution in [0, 0.1) is 11.7 Å². The van der Waals surface area contributed by atoms with Crippen LogP contribution in [-0.4, -0.2) is 28.9 Å². The highest BCUT2D eigenvalue weighted by Gasteiger charge is 2.28. The molecule has 6 heteroatoms. The molecule has 98 valence electrons. The van der Waals surface area contributed by atoms with Gasteiger partial charge in [0.05, 0.1) is 5.56 Å². The number of rotatable bonds is 3. The van der Waals surface area contributed by atoms with Gasteiger partial charge >= 0.3 is 0 Å². The molecule has 1 unspecified atom stereocenters. The Bertz CT molecular complexity index is 452. The van der Waals surface area contributed by atoms with Gasteiger partial charge in [0, 0.05) is 19.3 Å². The quantitative estimate of drug-likeness (QED) is 0.629. The number of anilines is 1. The van der Waals surface area contributed by atoms with E-state index >= 15 is 0 Å². The van der Waals surface area contributed by atoms with Crippen molar-refractivity contribution < 1.29 is 9.18 Å². The SMILES string of the molecule is CCC1CCN(C(=O)c2ccnc(NN)c2F)C1. The van der Waals surface area contributed by atoms with E-state index in [0.717, 1.165) is 12.8 Å². The van der Waals surface area contributed by atoms with Crippen LogP contribution in [0.3, 0.4) is 0 Å². The van der Waals surface area contributed by atoms with Gasteiger partial charge in [-0.15, -0.1) is 0 Å². The number of nitrogens with one attached hydrogen (secondary N) is 1.